The minimum atomic E-state index is -0.198. The first-order valence-electron chi connectivity index (χ1n) is 5.27. The van der Waals surface area contributed by atoms with Crippen LogP contribution in [0.4, 0.5) is 0 Å². The molecule has 3 rings (SSSR count). The Balaban J connectivity index is 2.05. The van der Waals surface area contributed by atoms with E-state index in [9.17, 15) is 4.79 Å². The molecule has 0 spiro atoms. The maximum atomic E-state index is 11.7. The first-order valence-corrected chi connectivity index (χ1v) is 6.90. The summed E-state index contributed by atoms with van der Waals surface area (Å²) in [6.07, 6.45) is 0. The van der Waals surface area contributed by atoms with E-state index in [1.54, 1.807) is 13.8 Å². The number of hydrogen-bond acceptors (Lipinski definition) is 8. The lowest BCUT2D eigenvalue weighted by atomic mass is 10.5. The molecule has 98 valence electrons. The molecular formula is C9H9N7OS2. The fraction of sp³-hybridized carbons (Fsp3) is 0.222. The molecule has 0 aliphatic carbocycles. The Bertz CT molecular complexity index is 818. The van der Waals surface area contributed by atoms with Gasteiger partial charge in [-0.1, -0.05) is 11.3 Å². The summed E-state index contributed by atoms with van der Waals surface area (Å²) in [5.41, 5.74) is 0.471. The summed E-state index contributed by atoms with van der Waals surface area (Å²) in [5.74, 6) is 6.37. The molecule has 2 N–H and O–H groups in total. The maximum Gasteiger partial charge on any atom is 0.275 e. The number of nitrogen functional groups attached to an aromatic ring is 1. The number of aromatic nitrogens is 6. The van der Waals surface area contributed by atoms with Gasteiger partial charge in [0.05, 0.1) is 0 Å². The van der Waals surface area contributed by atoms with Crippen LogP contribution in [0, 0.1) is 13.8 Å². The molecule has 0 aliphatic rings. The minimum absolute atomic E-state index is 0.198. The molecule has 3 aromatic heterocycles. The van der Waals surface area contributed by atoms with Crippen LogP contribution in [-0.4, -0.2) is 29.5 Å². The first-order chi connectivity index (χ1) is 9.04. The predicted molar refractivity (Wildman–Crippen MR) is 70.9 cm³/mol. The van der Waals surface area contributed by atoms with Crippen molar-refractivity contribution in [1.82, 2.24) is 29.5 Å². The average molecular weight is 295 g/mol. The van der Waals surface area contributed by atoms with E-state index in [2.05, 4.69) is 20.3 Å². The number of nitrogens with zero attached hydrogens (tertiary/aromatic N) is 6. The molecule has 0 saturated heterocycles. The Morgan fingerprint density at radius 3 is 2.84 bits per heavy atom. The lowest BCUT2D eigenvalue weighted by molar-refractivity contribution is 0.816. The third-order valence-corrected chi connectivity index (χ3v) is 4.29. The highest BCUT2D eigenvalue weighted by Crippen LogP contribution is 2.28. The van der Waals surface area contributed by atoms with Crippen LogP contribution in [0.1, 0.15) is 11.5 Å². The van der Waals surface area contributed by atoms with Crippen LogP contribution in [-0.2, 0) is 0 Å². The Morgan fingerprint density at radius 1 is 1.37 bits per heavy atom. The highest BCUT2D eigenvalue weighted by atomic mass is 32.2. The van der Waals surface area contributed by atoms with Gasteiger partial charge in [-0.3, -0.25) is 4.79 Å². The standard InChI is InChI=1S/C9H9N7OS2/c1-4-3-6(17)16-7(11-4)18-9(14-16)19-8-13-12-5(2)15(8)10/h3H,10H2,1-2H3. The molecule has 0 atom stereocenters. The van der Waals surface area contributed by atoms with Crippen LogP contribution in [0.25, 0.3) is 4.96 Å². The van der Waals surface area contributed by atoms with Crippen molar-refractivity contribution in [3.63, 3.8) is 0 Å². The summed E-state index contributed by atoms with van der Waals surface area (Å²) in [5, 5.41) is 12.5. The fourth-order valence-electron chi connectivity index (χ4n) is 1.44. The zero-order valence-corrected chi connectivity index (χ0v) is 11.7. The molecule has 0 amide bonds. The molecule has 0 bridgehead atoms. The van der Waals surface area contributed by atoms with Gasteiger partial charge in [-0.2, -0.15) is 4.52 Å². The van der Waals surface area contributed by atoms with Crippen LogP contribution in [0.3, 0.4) is 0 Å². The molecule has 3 aromatic rings. The van der Waals surface area contributed by atoms with E-state index in [1.165, 1.54) is 38.4 Å². The third-order valence-electron chi connectivity index (χ3n) is 2.37. The fourth-order valence-corrected chi connectivity index (χ4v) is 3.33. The number of hydrogen-bond donors (Lipinski definition) is 1. The lowest BCUT2D eigenvalue weighted by Crippen LogP contribution is -2.14. The molecule has 0 saturated carbocycles. The highest BCUT2D eigenvalue weighted by molar-refractivity contribution is 8.01. The van der Waals surface area contributed by atoms with Gasteiger partial charge in [0.25, 0.3) is 5.56 Å². The van der Waals surface area contributed by atoms with Crippen molar-refractivity contribution in [2.24, 2.45) is 0 Å². The van der Waals surface area contributed by atoms with Crippen molar-refractivity contribution in [3.8, 4) is 0 Å². The van der Waals surface area contributed by atoms with Gasteiger partial charge < -0.3 is 5.84 Å². The number of aryl methyl sites for hydroxylation is 2. The van der Waals surface area contributed by atoms with E-state index in [0.717, 1.165) is 0 Å². The number of fused-ring (bicyclic) bond motifs is 1. The molecule has 0 aliphatic heterocycles. The molecule has 3 heterocycles. The first kappa shape index (κ1) is 12.1. The van der Waals surface area contributed by atoms with E-state index in [1.807, 2.05) is 0 Å². The minimum Gasteiger partial charge on any atom is -0.336 e. The van der Waals surface area contributed by atoms with Crippen molar-refractivity contribution in [1.29, 1.82) is 0 Å². The summed E-state index contributed by atoms with van der Waals surface area (Å²) in [6.45, 7) is 3.53. The monoisotopic (exact) mass is 295 g/mol. The summed E-state index contributed by atoms with van der Waals surface area (Å²) in [6, 6.07) is 1.44. The van der Waals surface area contributed by atoms with Crippen molar-refractivity contribution in [3.05, 3.63) is 27.9 Å². The second kappa shape index (κ2) is 4.31. The zero-order chi connectivity index (χ0) is 13.6. The molecule has 0 aromatic carbocycles. The van der Waals surface area contributed by atoms with Gasteiger partial charge in [0.2, 0.25) is 10.1 Å². The molecule has 0 fully saturated rings. The van der Waals surface area contributed by atoms with Crippen LogP contribution in [0.2, 0.25) is 0 Å². The number of nitrogens with two attached hydrogens (primary N) is 1. The quantitative estimate of drug-likeness (QED) is 0.674. The largest absolute Gasteiger partial charge is 0.336 e. The van der Waals surface area contributed by atoms with Gasteiger partial charge in [-0.25, -0.2) is 9.66 Å². The van der Waals surface area contributed by atoms with E-state index in [0.29, 0.717) is 26.0 Å². The molecule has 0 unspecified atom stereocenters. The summed E-state index contributed by atoms with van der Waals surface area (Å²) in [4.78, 5) is 16.5. The van der Waals surface area contributed by atoms with E-state index >= 15 is 0 Å². The van der Waals surface area contributed by atoms with Gasteiger partial charge >= 0.3 is 0 Å². The molecule has 19 heavy (non-hydrogen) atoms. The molecular weight excluding hydrogens is 286 g/mol. The Morgan fingerprint density at radius 2 is 2.16 bits per heavy atom. The van der Waals surface area contributed by atoms with Crippen LogP contribution in [0.15, 0.2) is 20.4 Å². The second-order valence-electron chi connectivity index (χ2n) is 3.80. The molecule has 10 heteroatoms. The van der Waals surface area contributed by atoms with Crippen LogP contribution in [0.5, 0.6) is 0 Å². The third kappa shape index (κ3) is 2.08. The van der Waals surface area contributed by atoms with E-state index in [4.69, 9.17) is 5.84 Å². The van der Waals surface area contributed by atoms with Gasteiger partial charge in [0.1, 0.15) is 5.82 Å². The van der Waals surface area contributed by atoms with Crippen molar-refractivity contribution >= 4 is 28.1 Å². The van der Waals surface area contributed by atoms with E-state index < -0.39 is 0 Å². The van der Waals surface area contributed by atoms with Gasteiger partial charge in [0, 0.05) is 11.8 Å². The highest BCUT2D eigenvalue weighted by Gasteiger charge is 2.13. The number of rotatable bonds is 2. The van der Waals surface area contributed by atoms with Gasteiger partial charge in [0.15, 0.2) is 4.34 Å². The van der Waals surface area contributed by atoms with Crippen molar-refractivity contribution < 1.29 is 0 Å². The van der Waals surface area contributed by atoms with Gasteiger partial charge in [-0.05, 0) is 25.6 Å². The zero-order valence-electron chi connectivity index (χ0n) is 10.1. The Hall–Kier alpha value is -1.94. The van der Waals surface area contributed by atoms with Gasteiger partial charge in [-0.15, -0.1) is 15.3 Å². The normalized spacial score (nSPS) is 11.3. The molecule has 0 radical (unpaired) electrons. The summed E-state index contributed by atoms with van der Waals surface area (Å²) < 4.78 is 3.27. The maximum absolute atomic E-state index is 11.7. The van der Waals surface area contributed by atoms with Crippen LogP contribution < -0.4 is 11.4 Å². The second-order valence-corrected chi connectivity index (χ2v) is 5.97. The smallest absolute Gasteiger partial charge is 0.275 e. The van der Waals surface area contributed by atoms with Crippen molar-refractivity contribution in [2.45, 2.75) is 23.3 Å². The van der Waals surface area contributed by atoms with E-state index in [-0.39, 0.29) is 5.56 Å². The Kier molecular flexibility index (Phi) is 2.75. The summed E-state index contributed by atoms with van der Waals surface area (Å²) >= 11 is 2.55. The van der Waals surface area contributed by atoms with Crippen LogP contribution >= 0.6 is 23.1 Å². The summed E-state index contributed by atoms with van der Waals surface area (Å²) in [7, 11) is 0. The average Bonchev–Trinajstić information content (AvgIpc) is 2.88. The SMILES string of the molecule is Cc1cc(=O)n2nc(Sc3nnc(C)n3N)sc2n1. The topological polar surface area (TPSA) is 104 Å². The molecule has 8 nitrogen and oxygen atoms in total. The lowest BCUT2D eigenvalue weighted by Gasteiger charge is -1.96. The Labute approximate surface area is 115 Å². The predicted octanol–water partition coefficient (Wildman–Crippen LogP) is 0.224. The van der Waals surface area contributed by atoms with Crippen molar-refractivity contribution in [2.75, 3.05) is 5.84 Å².